The second-order valence-corrected chi connectivity index (χ2v) is 7.63. The smallest absolute Gasteiger partial charge is 0.271 e. The third kappa shape index (κ3) is 5.24. The molecule has 0 aromatic heterocycles. The number of fused-ring (bicyclic) bond motifs is 1. The number of nitriles is 1. The molecule has 1 unspecified atom stereocenters. The molecule has 0 aliphatic heterocycles. The number of aryl methyl sites for hydroxylation is 2. The number of nitro benzene ring substituents is 1. The Morgan fingerprint density at radius 1 is 1.25 bits per heavy atom. The summed E-state index contributed by atoms with van der Waals surface area (Å²) >= 11 is 0. The number of benzene rings is 2. The van der Waals surface area contributed by atoms with Gasteiger partial charge in [0.15, 0.2) is 0 Å². The van der Waals surface area contributed by atoms with Crippen molar-refractivity contribution in [3.8, 4) is 11.8 Å². The summed E-state index contributed by atoms with van der Waals surface area (Å²) < 4.78 is 5.19. The molecule has 8 heteroatoms. The predicted molar refractivity (Wildman–Crippen MR) is 121 cm³/mol. The van der Waals surface area contributed by atoms with E-state index in [1.807, 2.05) is 19.1 Å². The number of hydrogen-bond donors (Lipinski definition) is 2. The second kappa shape index (κ2) is 10.4. The van der Waals surface area contributed by atoms with Crippen LogP contribution in [0.15, 0.2) is 48.2 Å². The zero-order chi connectivity index (χ0) is 23.1. The van der Waals surface area contributed by atoms with Crippen LogP contribution >= 0.6 is 0 Å². The van der Waals surface area contributed by atoms with E-state index in [2.05, 4.69) is 22.8 Å². The summed E-state index contributed by atoms with van der Waals surface area (Å²) in [5, 5.41) is 26.3. The molecule has 0 fully saturated rings. The molecule has 0 heterocycles. The lowest BCUT2D eigenvalue weighted by Gasteiger charge is -2.21. The van der Waals surface area contributed by atoms with Gasteiger partial charge in [0.05, 0.1) is 23.8 Å². The van der Waals surface area contributed by atoms with E-state index in [9.17, 15) is 20.2 Å². The molecule has 0 saturated heterocycles. The molecule has 1 amide bonds. The lowest BCUT2D eigenvalue weighted by Crippen LogP contribution is -2.29. The van der Waals surface area contributed by atoms with Gasteiger partial charge in [-0.2, -0.15) is 5.26 Å². The van der Waals surface area contributed by atoms with E-state index in [1.165, 1.54) is 55.5 Å². The van der Waals surface area contributed by atoms with Gasteiger partial charge in [-0.05, 0) is 54.9 Å². The van der Waals surface area contributed by atoms with Crippen LogP contribution in [0.3, 0.4) is 0 Å². The van der Waals surface area contributed by atoms with Crippen molar-refractivity contribution < 1.29 is 14.5 Å². The first-order valence-electron chi connectivity index (χ1n) is 10.6. The SMILES string of the molecule is CCC(NC(=O)/C(C#N)=C\Nc1cc([N+](=O)[O-])ccc1OC)c1ccc2c(c1)CCCC2. The number of nitrogens with one attached hydrogen (secondary N) is 2. The molecule has 32 heavy (non-hydrogen) atoms. The molecule has 2 N–H and O–H groups in total. The Morgan fingerprint density at radius 3 is 2.66 bits per heavy atom. The van der Waals surface area contributed by atoms with Crippen LogP contribution in [0, 0.1) is 21.4 Å². The fourth-order valence-electron chi connectivity index (χ4n) is 3.85. The molecular formula is C24H26N4O4. The molecule has 8 nitrogen and oxygen atoms in total. The van der Waals surface area contributed by atoms with Crippen molar-refractivity contribution >= 4 is 17.3 Å². The van der Waals surface area contributed by atoms with Gasteiger partial charge in [0, 0.05) is 18.3 Å². The fourth-order valence-corrected chi connectivity index (χ4v) is 3.85. The summed E-state index contributed by atoms with van der Waals surface area (Å²) in [6, 6.07) is 12.0. The third-order valence-corrected chi connectivity index (χ3v) is 5.62. The number of anilines is 1. The maximum atomic E-state index is 12.8. The number of non-ortho nitro benzene ring substituents is 1. The zero-order valence-electron chi connectivity index (χ0n) is 18.2. The maximum Gasteiger partial charge on any atom is 0.271 e. The summed E-state index contributed by atoms with van der Waals surface area (Å²) in [7, 11) is 1.43. The lowest BCUT2D eigenvalue weighted by atomic mass is 9.88. The average Bonchev–Trinajstić information content (AvgIpc) is 2.82. The Kier molecular flexibility index (Phi) is 7.45. The van der Waals surface area contributed by atoms with E-state index < -0.39 is 10.8 Å². The van der Waals surface area contributed by atoms with E-state index in [1.54, 1.807) is 0 Å². The number of nitrogens with zero attached hydrogens (tertiary/aromatic N) is 2. The summed E-state index contributed by atoms with van der Waals surface area (Å²) in [6.45, 7) is 1.98. The highest BCUT2D eigenvalue weighted by molar-refractivity contribution is 5.97. The van der Waals surface area contributed by atoms with E-state index >= 15 is 0 Å². The van der Waals surface area contributed by atoms with Gasteiger partial charge in [0.1, 0.15) is 17.4 Å². The van der Waals surface area contributed by atoms with Crippen LogP contribution in [-0.4, -0.2) is 17.9 Å². The summed E-state index contributed by atoms with van der Waals surface area (Å²) in [5.41, 5.74) is 3.72. The highest BCUT2D eigenvalue weighted by atomic mass is 16.6. The van der Waals surface area contributed by atoms with Gasteiger partial charge >= 0.3 is 0 Å². The van der Waals surface area contributed by atoms with Crippen LogP contribution in [0.4, 0.5) is 11.4 Å². The molecule has 166 valence electrons. The van der Waals surface area contributed by atoms with Crippen molar-refractivity contribution in [2.75, 3.05) is 12.4 Å². The second-order valence-electron chi connectivity index (χ2n) is 7.63. The Labute approximate surface area is 187 Å². The van der Waals surface area contributed by atoms with Crippen LogP contribution in [0.2, 0.25) is 0 Å². The Morgan fingerprint density at radius 2 is 2.00 bits per heavy atom. The number of carbonyl (C=O) groups excluding carboxylic acids is 1. The van der Waals surface area contributed by atoms with E-state index in [4.69, 9.17) is 4.74 Å². The Bertz CT molecular complexity index is 1090. The van der Waals surface area contributed by atoms with Crippen LogP contribution in [0.5, 0.6) is 5.75 Å². The zero-order valence-corrected chi connectivity index (χ0v) is 18.2. The number of methoxy groups -OCH3 is 1. The molecule has 1 aliphatic rings. The number of carbonyl (C=O) groups is 1. The minimum absolute atomic E-state index is 0.136. The van der Waals surface area contributed by atoms with Crippen molar-refractivity contribution in [2.24, 2.45) is 0 Å². The van der Waals surface area contributed by atoms with E-state index in [0.29, 0.717) is 12.2 Å². The number of rotatable bonds is 8. The number of hydrogen-bond acceptors (Lipinski definition) is 6. The number of ether oxygens (including phenoxy) is 1. The van der Waals surface area contributed by atoms with Crippen LogP contribution in [-0.2, 0) is 17.6 Å². The summed E-state index contributed by atoms with van der Waals surface area (Å²) in [4.78, 5) is 23.3. The number of amides is 1. The molecule has 2 aromatic rings. The maximum absolute atomic E-state index is 12.8. The van der Waals surface area contributed by atoms with Crippen molar-refractivity contribution in [2.45, 2.75) is 45.1 Å². The molecule has 0 bridgehead atoms. The number of nitro groups is 1. The average molecular weight is 434 g/mol. The topological polar surface area (TPSA) is 117 Å². The molecule has 1 atom stereocenters. The Balaban J connectivity index is 1.76. The molecule has 1 aliphatic carbocycles. The normalized spacial score (nSPS) is 14.0. The first-order chi connectivity index (χ1) is 15.5. The van der Waals surface area contributed by atoms with Crippen molar-refractivity contribution in [1.29, 1.82) is 5.26 Å². The fraction of sp³-hybridized carbons (Fsp3) is 0.333. The Hall–Kier alpha value is -3.86. The van der Waals surface area contributed by atoms with Gasteiger partial charge in [-0.3, -0.25) is 14.9 Å². The molecular weight excluding hydrogens is 408 g/mol. The summed E-state index contributed by atoms with van der Waals surface area (Å²) in [6.07, 6.45) is 6.43. The minimum atomic E-state index is -0.531. The van der Waals surface area contributed by atoms with E-state index in [0.717, 1.165) is 18.4 Å². The minimum Gasteiger partial charge on any atom is -0.495 e. The molecule has 3 rings (SSSR count). The van der Waals surface area contributed by atoms with Gasteiger partial charge in [0.25, 0.3) is 11.6 Å². The lowest BCUT2D eigenvalue weighted by molar-refractivity contribution is -0.384. The van der Waals surface area contributed by atoms with Gasteiger partial charge < -0.3 is 15.4 Å². The van der Waals surface area contributed by atoms with Gasteiger partial charge in [-0.15, -0.1) is 0 Å². The molecule has 0 spiro atoms. The summed E-state index contributed by atoms with van der Waals surface area (Å²) in [5.74, 6) is -0.168. The highest BCUT2D eigenvalue weighted by Gasteiger charge is 2.19. The van der Waals surface area contributed by atoms with Crippen LogP contribution in [0.1, 0.15) is 48.9 Å². The molecule has 0 saturated carbocycles. The van der Waals surface area contributed by atoms with Crippen LogP contribution < -0.4 is 15.4 Å². The monoisotopic (exact) mass is 434 g/mol. The molecule has 2 aromatic carbocycles. The van der Waals surface area contributed by atoms with Gasteiger partial charge in [-0.1, -0.05) is 25.1 Å². The van der Waals surface area contributed by atoms with Crippen molar-refractivity contribution in [1.82, 2.24) is 5.32 Å². The van der Waals surface area contributed by atoms with Crippen molar-refractivity contribution in [3.05, 3.63) is 75.0 Å². The standard InChI is InChI=1S/C24H26N4O4/c1-3-21(18-9-8-16-6-4-5-7-17(16)12-18)27-24(29)19(14-25)15-26-22-13-20(28(30)31)10-11-23(22)32-2/h8-13,15,21,26H,3-7H2,1-2H3,(H,27,29)/b19-15-. The first-order valence-corrected chi connectivity index (χ1v) is 10.6. The third-order valence-electron chi connectivity index (χ3n) is 5.62. The highest BCUT2D eigenvalue weighted by Crippen LogP contribution is 2.29. The van der Waals surface area contributed by atoms with Gasteiger partial charge in [-0.25, -0.2) is 0 Å². The first kappa shape index (κ1) is 22.8. The quantitative estimate of drug-likeness (QED) is 0.272. The van der Waals surface area contributed by atoms with E-state index in [-0.39, 0.29) is 23.0 Å². The predicted octanol–water partition coefficient (Wildman–Crippen LogP) is 4.57. The largest absolute Gasteiger partial charge is 0.495 e. The van der Waals surface area contributed by atoms with Crippen LogP contribution in [0.25, 0.3) is 0 Å². The van der Waals surface area contributed by atoms with Gasteiger partial charge in [0.2, 0.25) is 0 Å². The van der Waals surface area contributed by atoms with Crippen molar-refractivity contribution in [3.63, 3.8) is 0 Å². The molecule has 0 radical (unpaired) electrons.